The zero-order valence-electron chi connectivity index (χ0n) is 20.0. The topological polar surface area (TPSA) is 74.2 Å². The Balaban J connectivity index is 1.91. The first-order chi connectivity index (χ1) is 16.9. The van der Waals surface area contributed by atoms with Crippen molar-refractivity contribution in [2.45, 2.75) is 6.42 Å². The summed E-state index contributed by atoms with van der Waals surface area (Å²) in [5.41, 5.74) is 2.59. The fraction of sp³-hybridized carbons (Fsp3) is 0.179. The van der Waals surface area contributed by atoms with Gasteiger partial charge in [-0.1, -0.05) is 30.4 Å². The molecule has 0 amide bonds. The molecule has 0 saturated heterocycles. The van der Waals surface area contributed by atoms with E-state index in [1.165, 1.54) is 38.5 Å². The molecule has 0 atom stereocenters. The second kappa shape index (κ2) is 11.7. The lowest BCUT2D eigenvalue weighted by Crippen LogP contribution is -1.96. The normalized spacial score (nSPS) is 11.1. The van der Waals surface area contributed by atoms with Crippen LogP contribution in [-0.4, -0.2) is 39.3 Å². The smallest absolute Gasteiger partial charge is 0.203 e. The summed E-state index contributed by atoms with van der Waals surface area (Å²) in [6.07, 6.45) is 7.15. The first-order valence-electron chi connectivity index (χ1n) is 10.7. The van der Waals surface area contributed by atoms with Crippen molar-refractivity contribution in [3.05, 3.63) is 88.8 Å². The first-order valence-corrected chi connectivity index (χ1v) is 10.7. The molecule has 0 fully saturated rings. The van der Waals surface area contributed by atoms with Crippen molar-refractivity contribution in [2.75, 3.05) is 28.4 Å². The predicted octanol–water partition coefficient (Wildman–Crippen LogP) is 5.72. The first kappa shape index (κ1) is 25.4. The van der Waals surface area contributed by atoms with E-state index in [1.54, 1.807) is 50.6 Å². The van der Waals surface area contributed by atoms with Crippen molar-refractivity contribution in [1.29, 1.82) is 0 Å². The van der Waals surface area contributed by atoms with Crippen molar-refractivity contribution in [1.82, 2.24) is 0 Å². The molecule has 0 aliphatic rings. The molecule has 0 bridgehead atoms. The molecular formula is C28H27FO6. The number of phenolic OH excluding ortho intramolecular Hbond substituents is 1. The molecule has 0 spiro atoms. The Hall–Kier alpha value is -4.26. The van der Waals surface area contributed by atoms with Crippen LogP contribution in [0.4, 0.5) is 4.39 Å². The zero-order chi connectivity index (χ0) is 25.4. The molecule has 6 nitrogen and oxygen atoms in total. The van der Waals surface area contributed by atoms with Gasteiger partial charge in [0.2, 0.25) is 5.75 Å². The average molecular weight is 479 g/mol. The zero-order valence-corrected chi connectivity index (χ0v) is 20.0. The number of hydrogen-bond donors (Lipinski definition) is 1. The van der Waals surface area contributed by atoms with Gasteiger partial charge >= 0.3 is 0 Å². The molecule has 35 heavy (non-hydrogen) atoms. The van der Waals surface area contributed by atoms with Gasteiger partial charge in [0.25, 0.3) is 0 Å². The number of phenols is 1. The summed E-state index contributed by atoms with van der Waals surface area (Å²) in [6.45, 7) is 0. The van der Waals surface area contributed by atoms with Crippen LogP contribution in [0.1, 0.15) is 27.0 Å². The summed E-state index contributed by atoms with van der Waals surface area (Å²) < 4.78 is 34.8. The van der Waals surface area contributed by atoms with Crippen molar-refractivity contribution >= 4 is 17.9 Å². The van der Waals surface area contributed by atoms with E-state index in [0.717, 1.165) is 16.7 Å². The van der Waals surface area contributed by atoms with E-state index >= 15 is 0 Å². The molecule has 3 rings (SSSR count). The van der Waals surface area contributed by atoms with Crippen LogP contribution in [-0.2, 0) is 6.42 Å². The van der Waals surface area contributed by atoms with Crippen LogP contribution in [0.25, 0.3) is 12.2 Å². The number of rotatable bonds is 10. The van der Waals surface area contributed by atoms with E-state index in [0.29, 0.717) is 29.4 Å². The maximum Gasteiger partial charge on any atom is 0.203 e. The predicted molar refractivity (Wildman–Crippen MR) is 133 cm³/mol. The van der Waals surface area contributed by atoms with Gasteiger partial charge in [0, 0.05) is 5.56 Å². The third-order valence-electron chi connectivity index (χ3n) is 5.30. The van der Waals surface area contributed by atoms with Gasteiger partial charge in [-0.25, -0.2) is 4.39 Å². The van der Waals surface area contributed by atoms with Gasteiger partial charge in [-0.05, 0) is 65.6 Å². The number of allylic oxidation sites excluding steroid dienone is 2. The maximum atomic E-state index is 13.4. The Bertz CT molecular complexity index is 1240. The quantitative estimate of drug-likeness (QED) is 0.228. The summed E-state index contributed by atoms with van der Waals surface area (Å²) in [5, 5.41) is 10.3. The average Bonchev–Trinajstić information content (AvgIpc) is 2.87. The van der Waals surface area contributed by atoms with E-state index < -0.39 is 5.82 Å². The minimum Gasteiger partial charge on any atom is -0.504 e. The van der Waals surface area contributed by atoms with Crippen LogP contribution >= 0.6 is 0 Å². The number of carbonyl (C=O) groups is 1. The van der Waals surface area contributed by atoms with E-state index in [4.69, 9.17) is 18.9 Å². The number of benzene rings is 3. The van der Waals surface area contributed by atoms with Gasteiger partial charge in [0.05, 0.1) is 28.4 Å². The molecule has 0 unspecified atom stereocenters. The molecule has 3 aromatic rings. The summed E-state index contributed by atoms with van der Waals surface area (Å²) in [5.74, 6) is 1.06. The van der Waals surface area contributed by atoms with Crippen molar-refractivity contribution in [2.24, 2.45) is 0 Å². The molecule has 0 aliphatic heterocycles. The number of hydrogen-bond acceptors (Lipinski definition) is 6. The fourth-order valence-corrected chi connectivity index (χ4v) is 3.54. The molecule has 0 aliphatic carbocycles. The molecule has 1 N–H and O–H groups in total. The summed E-state index contributed by atoms with van der Waals surface area (Å²) in [7, 11) is 6.09. The summed E-state index contributed by atoms with van der Waals surface area (Å²) >= 11 is 0. The number of ether oxygens (including phenoxy) is 4. The van der Waals surface area contributed by atoms with Crippen LogP contribution in [0.15, 0.2) is 60.7 Å². The highest BCUT2D eigenvalue weighted by Crippen LogP contribution is 2.39. The van der Waals surface area contributed by atoms with Gasteiger partial charge in [-0.3, -0.25) is 4.79 Å². The van der Waals surface area contributed by atoms with Gasteiger partial charge in [-0.2, -0.15) is 0 Å². The highest BCUT2D eigenvalue weighted by molar-refractivity contribution is 6.04. The van der Waals surface area contributed by atoms with Crippen LogP contribution in [0.2, 0.25) is 0 Å². The minimum absolute atomic E-state index is 0.0133. The van der Waals surface area contributed by atoms with Crippen molar-refractivity contribution in [3.63, 3.8) is 0 Å². The number of carbonyl (C=O) groups excluding carboxylic acids is 1. The second-order valence-corrected chi connectivity index (χ2v) is 7.50. The maximum absolute atomic E-state index is 13.4. The molecule has 7 heteroatoms. The highest BCUT2D eigenvalue weighted by atomic mass is 19.1. The number of methoxy groups -OCH3 is 4. The van der Waals surface area contributed by atoms with Crippen molar-refractivity contribution < 1.29 is 33.2 Å². The van der Waals surface area contributed by atoms with Crippen LogP contribution < -0.4 is 18.9 Å². The van der Waals surface area contributed by atoms with Gasteiger partial charge in [0.15, 0.2) is 28.8 Å². The fourth-order valence-electron chi connectivity index (χ4n) is 3.54. The molecule has 0 aromatic heterocycles. The summed E-state index contributed by atoms with van der Waals surface area (Å²) in [6, 6.07) is 12.4. The van der Waals surface area contributed by atoms with Gasteiger partial charge < -0.3 is 24.1 Å². The Morgan fingerprint density at radius 3 is 2.17 bits per heavy atom. The van der Waals surface area contributed by atoms with Crippen LogP contribution in [0, 0.1) is 5.82 Å². The van der Waals surface area contributed by atoms with E-state index in [9.17, 15) is 14.3 Å². The third-order valence-corrected chi connectivity index (χ3v) is 5.30. The Labute approximate surface area is 203 Å². The minimum atomic E-state index is -0.466. The summed E-state index contributed by atoms with van der Waals surface area (Å²) in [4.78, 5) is 12.4. The molecule has 0 radical (unpaired) electrons. The molecule has 3 aromatic carbocycles. The lowest BCUT2D eigenvalue weighted by atomic mass is 10.0. The van der Waals surface area contributed by atoms with E-state index in [-0.39, 0.29) is 17.1 Å². The second-order valence-electron chi connectivity index (χ2n) is 7.50. The number of halogens is 1. The van der Waals surface area contributed by atoms with Crippen molar-refractivity contribution in [3.8, 4) is 28.7 Å². The Kier molecular flexibility index (Phi) is 8.51. The lowest BCUT2D eigenvalue weighted by Gasteiger charge is -2.13. The molecule has 182 valence electrons. The van der Waals surface area contributed by atoms with Crippen LogP contribution in [0.5, 0.6) is 28.7 Å². The molecule has 0 heterocycles. The molecule has 0 saturated carbocycles. The number of aromatic hydroxyl groups is 1. The third kappa shape index (κ3) is 6.20. The van der Waals surface area contributed by atoms with E-state index in [1.807, 2.05) is 12.2 Å². The standard InChI is InChI=1S/C28H27FO6/c1-32-25-17-19(7-6-10-23(30)21-8-5-9-22(29)15-21)20(16-24(25)31)12-11-18-13-26(33-2)28(35-4)27(14-18)34-3/h5-6,8-17,31H,7H2,1-4H3/b10-6-,12-11-. The monoisotopic (exact) mass is 478 g/mol. The highest BCUT2D eigenvalue weighted by Gasteiger charge is 2.13. The Morgan fingerprint density at radius 2 is 1.57 bits per heavy atom. The van der Waals surface area contributed by atoms with Gasteiger partial charge in [-0.15, -0.1) is 0 Å². The van der Waals surface area contributed by atoms with E-state index in [2.05, 4.69) is 0 Å². The number of ketones is 1. The largest absolute Gasteiger partial charge is 0.504 e. The lowest BCUT2D eigenvalue weighted by molar-refractivity contribution is 0.104. The Morgan fingerprint density at radius 1 is 0.886 bits per heavy atom. The van der Waals surface area contributed by atoms with Gasteiger partial charge in [0.1, 0.15) is 5.82 Å². The van der Waals surface area contributed by atoms with Crippen LogP contribution in [0.3, 0.4) is 0 Å². The SMILES string of the molecule is COc1cc(C/C=C\C(=O)c2cccc(F)c2)c(/C=C\c2cc(OC)c(OC)c(OC)c2)cc1O. The molecular weight excluding hydrogens is 451 g/mol.